The van der Waals surface area contributed by atoms with E-state index in [-0.39, 0.29) is 6.54 Å². The summed E-state index contributed by atoms with van der Waals surface area (Å²) in [5.41, 5.74) is -4.38. The number of aryl methyl sites for hydroxylation is 1. The molecule has 2 aromatic carbocycles. The van der Waals surface area contributed by atoms with Gasteiger partial charge in [0.2, 0.25) is 5.89 Å². The largest absolute Gasteiger partial charge is 0.442 e. The fourth-order valence-corrected chi connectivity index (χ4v) is 3.37. The lowest BCUT2D eigenvalue weighted by atomic mass is 9.92. The second kappa shape index (κ2) is 9.54. The summed E-state index contributed by atoms with van der Waals surface area (Å²) < 4.78 is 84.3. The molecular weight excluding hydrogens is 462 g/mol. The molecule has 0 aliphatic heterocycles. The van der Waals surface area contributed by atoms with Crippen molar-refractivity contribution in [3.8, 4) is 0 Å². The molecule has 0 bridgehead atoms. The summed E-state index contributed by atoms with van der Waals surface area (Å²) in [5.74, 6) is 0.898. The van der Waals surface area contributed by atoms with Crippen molar-refractivity contribution in [1.29, 1.82) is 0 Å². The number of aliphatic hydroxyl groups is 1. The first-order valence-electron chi connectivity index (χ1n) is 10.3. The van der Waals surface area contributed by atoms with Crippen LogP contribution in [-0.4, -0.2) is 29.0 Å². The standard InChI is InChI=1S/C24H22F6N2O2/c1-3-32(15-20-16(2)34-21(31-20)14-9-17-7-5-4-6-8-17)19-12-10-18(11-13-19)22(33,23(25,26)27)24(28,29)30/h4-14,33H,3,15H2,1-2H3/b14-9+. The fourth-order valence-electron chi connectivity index (χ4n) is 3.37. The molecule has 3 aromatic rings. The Morgan fingerprint density at radius 2 is 1.50 bits per heavy atom. The van der Waals surface area contributed by atoms with Crippen LogP contribution in [-0.2, 0) is 12.1 Å². The van der Waals surface area contributed by atoms with E-state index >= 15 is 0 Å². The third kappa shape index (κ3) is 5.11. The Balaban J connectivity index is 1.81. The van der Waals surface area contributed by atoms with Crippen LogP contribution in [0.4, 0.5) is 32.0 Å². The molecule has 10 heteroatoms. The van der Waals surface area contributed by atoms with Gasteiger partial charge in [-0.2, -0.15) is 26.3 Å². The van der Waals surface area contributed by atoms with E-state index in [0.717, 1.165) is 17.7 Å². The minimum absolute atomic E-state index is 0.215. The van der Waals surface area contributed by atoms with Crippen molar-refractivity contribution in [1.82, 2.24) is 4.98 Å². The van der Waals surface area contributed by atoms with Crippen LogP contribution in [0.2, 0.25) is 0 Å². The van der Waals surface area contributed by atoms with E-state index < -0.39 is 23.5 Å². The number of alkyl halides is 6. The maximum atomic E-state index is 13.1. The highest BCUT2D eigenvalue weighted by Gasteiger charge is 2.71. The van der Waals surface area contributed by atoms with Gasteiger partial charge in [-0.05, 0) is 37.6 Å². The Bertz CT molecular complexity index is 1110. The van der Waals surface area contributed by atoms with Crippen LogP contribution in [0.3, 0.4) is 0 Å². The van der Waals surface area contributed by atoms with E-state index in [2.05, 4.69) is 4.98 Å². The smallest absolute Gasteiger partial charge is 0.430 e. The van der Waals surface area contributed by atoms with E-state index in [4.69, 9.17) is 4.42 Å². The third-order valence-corrected chi connectivity index (χ3v) is 5.32. The Labute approximate surface area is 192 Å². The number of halogens is 6. The van der Waals surface area contributed by atoms with Crippen molar-refractivity contribution in [3.05, 3.63) is 83.1 Å². The molecule has 1 heterocycles. The molecule has 34 heavy (non-hydrogen) atoms. The van der Waals surface area contributed by atoms with Crippen LogP contribution in [0.25, 0.3) is 12.2 Å². The van der Waals surface area contributed by atoms with Crippen molar-refractivity contribution >= 4 is 17.8 Å². The first kappa shape index (κ1) is 25.4. The monoisotopic (exact) mass is 484 g/mol. The van der Waals surface area contributed by atoms with Crippen molar-refractivity contribution in [3.63, 3.8) is 0 Å². The highest BCUT2D eigenvalue weighted by atomic mass is 19.4. The maximum Gasteiger partial charge on any atom is 0.430 e. The van der Waals surface area contributed by atoms with E-state index in [1.165, 1.54) is 0 Å². The molecule has 0 amide bonds. The van der Waals surface area contributed by atoms with Gasteiger partial charge < -0.3 is 14.4 Å². The number of nitrogens with zero attached hydrogens (tertiary/aromatic N) is 2. The van der Waals surface area contributed by atoms with E-state index in [9.17, 15) is 31.4 Å². The van der Waals surface area contributed by atoms with Crippen LogP contribution in [0.15, 0.2) is 59.0 Å². The normalized spacial score (nSPS) is 13.0. The summed E-state index contributed by atoms with van der Waals surface area (Å²) >= 11 is 0. The Morgan fingerprint density at radius 1 is 0.912 bits per heavy atom. The minimum atomic E-state index is -5.93. The third-order valence-electron chi connectivity index (χ3n) is 5.32. The quantitative estimate of drug-likeness (QED) is 0.390. The summed E-state index contributed by atoms with van der Waals surface area (Å²) in [6.45, 7) is 4.10. The summed E-state index contributed by atoms with van der Waals surface area (Å²) in [4.78, 5) is 6.13. The Morgan fingerprint density at radius 3 is 2.03 bits per heavy atom. The van der Waals surface area contributed by atoms with Gasteiger partial charge in [-0.1, -0.05) is 42.5 Å². The van der Waals surface area contributed by atoms with Gasteiger partial charge in [0.25, 0.3) is 5.60 Å². The van der Waals surface area contributed by atoms with Crippen LogP contribution >= 0.6 is 0 Å². The van der Waals surface area contributed by atoms with Crippen molar-refractivity contribution in [2.24, 2.45) is 0 Å². The van der Waals surface area contributed by atoms with Gasteiger partial charge >= 0.3 is 12.4 Å². The molecule has 0 aliphatic rings. The zero-order chi connectivity index (χ0) is 25.1. The first-order chi connectivity index (χ1) is 15.9. The number of oxazole rings is 1. The molecule has 4 nitrogen and oxygen atoms in total. The zero-order valence-electron chi connectivity index (χ0n) is 18.3. The number of hydrogen-bond acceptors (Lipinski definition) is 4. The van der Waals surface area contributed by atoms with Gasteiger partial charge in [0.15, 0.2) is 0 Å². The highest BCUT2D eigenvalue weighted by molar-refractivity contribution is 5.66. The average molecular weight is 484 g/mol. The second-order valence-corrected chi connectivity index (χ2v) is 7.57. The van der Waals surface area contributed by atoms with Crippen LogP contribution in [0, 0.1) is 6.92 Å². The molecule has 0 atom stereocenters. The van der Waals surface area contributed by atoms with E-state index in [1.807, 2.05) is 36.4 Å². The van der Waals surface area contributed by atoms with Gasteiger partial charge in [0, 0.05) is 23.9 Å². The van der Waals surface area contributed by atoms with Crippen LogP contribution < -0.4 is 4.90 Å². The molecule has 0 aliphatic carbocycles. The van der Waals surface area contributed by atoms with Crippen LogP contribution in [0.1, 0.15) is 35.4 Å². The molecule has 0 saturated carbocycles. The SMILES string of the molecule is CCN(Cc1nc(/C=C/c2ccccc2)oc1C)c1ccc(C(O)(C(F)(F)F)C(F)(F)F)cc1. The van der Waals surface area contributed by atoms with Crippen LogP contribution in [0.5, 0.6) is 0 Å². The van der Waals surface area contributed by atoms with Gasteiger partial charge in [-0.3, -0.25) is 0 Å². The number of benzene rings is 2. The highest BCUT2D eigenvalue weighted by Crippen LogP contribution is 2.50. The molecule has 0 spiro atoms. The summed E-state index contributed by atoms with van der Waals surface area (Å²) in [7, 11) is 0. The zero-order valence-corrected chi connectivity index (χ0v) is 18.3. The Kier molecular flexibility index (Phi) is 7.11. The Hall–Kier alpha value is -3.27. The predicted molar refractivity (Wildman–Crippen MR) is 116 cm³/mol. The number of anilines is 1. The fraction of sp³-hybridized carbons (Fsp3) is 0.292. The molecule has 3 rings (SSSR count). The number of hydrogen-bond donors (Lipinski definition) is 1. The predicted octanol–water partition coefficient (Wildman–Crippen LogP) is 6.49. The molecule has 1 N–H and O–H groups in total. The summed E-state index contributed by atoms with van der Waals surface area (Å²) in [6, 6.07) is 13.0. The number of aromatic nitrogens is 1. The summed E-state index contributed by atoms with van der Waals surface area (Å²) in [6.07, 6.45) is -8.34. The van der Waals surface area contributed by atoms with E-state index in [1.54, 1.807) is 24.8 Å². The molecule has 182 valence electrons. The van der Waals surface area contributed by atoms with Crippen molar-refractivity contribution < 1.29 is 35.9 Å². The first-order valence-corrected chi connectivity index (χ1v) is 10.3. The van der Waals surface area contributed by atoms with Crippen molar-refractivity contribution in [2.75, 3.05) is 11.4 Å². The van der Waals surface area contributed by atoms with Gasteiger partial charge in [-0.15, -0.1) is 0 Å². The average Bonchev–Trinajstić information content (AvgIpc) is 3.14. The lowest BCUT2D eigenvalue weighted by molar-refractivity contribution is -0.376. The maximum absolute atomic E-state index is 13.1. The lowest BCUT2D eigenvalue weighted by Gasteiger charge is -2.33. The second-order valence-electron chi connectivity index (χ2n) is 7.57. The molecule has 1 aromatic heterocycles. The summed E-state index contributed by atoms with van der Waals surface area (Å²) in [5, 5.41) is 9.56. The topological polar surface area (TPSA) is 49.5 Å². The minimum Gasteiger partial charge on any atom is -0.442 e. The molecule has 0 unspecified atom stereocenters. The van der Waals surface area contributed by atoms with Crippen molar-refractivity contribution in [2.45, 2.75) is 38.3 Å². The molecule has 0 saturated heterocycles. The van der Waals surface area contributed by atoms with E-state index in [0.29, 0.717) is 41.7 Å². The lowest BCUT2D eigenvalue weighted by Crippen LogP contribution is -2.53. The molecular formula is C24H22F6N2O2. The van der Waals surface area contributed by atoms with Gasteiger partial charge in [-0.25, -0.2) is 4.98 Å². The molecule has 0 fully saturated rings. The number of rotatable bonds is 7. The van der Waals surface area contributed by atoms with Gasteiger partial charge in [0.05, 0.1) is 6.54 Å². The van der Waals surface area contributed by atoms with Gasteiger partial charge in [0.1, 0.15) is 11.5 Å². The molecule has 0 radical (unpaired) electrons.